The number of hydrogen-bond acceptors (Lipinski definition) is 3. The lowest BCUT2D eigenvalue weighted by molar-refractivity contribution is -0.109. The first-order chi connectivity index (χ1) is 8.20. The smallest absolute Gasteiger partial charge is 0.137 e. The molecule has 88 valence electrons. The van der Waals surface area contributed by atoms with Crippen LogP contribution < -0.4 is 0 Å². The molecule has 0 aliphatic rings. The molecule has 0 N–H and O–H groups in total. The Labute approximate surface area is 108 Å². The first kappa shape index (κ1) is 12.1. The van der Waals surface area contributed by atoms with Gasteiger partial charge in [-0.1, -0.05) is 29.3 Å². The number of aldehydes is 1. The third-order valence-electron chi connectivity index (χ3n) is 2.38. The standard InChI is InChI=1S/C11H9Cl2N3O/c12-9-1-2-10(11(13)3-9)8(5-17)4-16-7-14-6-15-16/h1-3,5-8H,4H2. The van der Waals surface area contributed by atoms with Gasteiger partial charge in [-0.15, -0.1) is 0 Å². The van der Waals surface area contributed by atoms with Crippen LogP contribution in [0.4, 0.5) is 0 Å². The van der Waals surface area contributed by atoms with Crippen LogP contribution in [0.3, 0.4) is 0 Å². The summed E-state index contributed by atoms with van der Waals surface area (Å²) in [7, 11) is 0. The number of hydrogen-bond donors (Lipinski definition) is 0. The van der Waals surface area contributed by atoms with Gasteiger partial charge in [-0.25, -0.2) is 4.98 Å². The van der Waals surface area contributed by atoms with Gasteiger partial charge in [-0.05, 0) is 17.7 Å². The molecule has 0 fully saturated rings. The average Bonchev–Trinajstić information content (AvgIpc) is 2.79. The van der Waals surface area contributed by atoms with Crippen molar-refractivity contribution in [1.29, 1.82) is 0 Å². The molecule has 0 radical (unpaired) electrons. The van der Waals surface area contributed by atoms with Crippen LogP contribution in [-0.2, 0) is 11.3 Å². The zero-order valence-corrected chi connectivity index (χ0v) is 10.3. The summed E-state index contributed by atoms with van der Waals surface area (Å²) in [4.78, 5) is 14.9. The topological polar surface area (TPSA) is 47.8 Å². The minimum absolute atomic E-state index is 0.360. The van der Waals surface area contributed by atoms with Gasteiger partial charge < -0.3 is 4.79 Å². The molecule has 1 heterocycles. The molecule has 0 bridgehead atoms. The van der Waals surface area contributed by atoms with Crippen LogP contribution in [0.2, 0.25) is 10.0 Å². The molecule has 2 aromatic rings. The number of rotatable bonds is 4. The molecular formula is C11H9Cl2N3O. The first-order valence-corrected chi connectivity index (χ1v) is 5.69. The van der Waals surface area contributed by atoms with Crippen molar-refractivity contribution < 1.29 is 4.79 Å². The summed E-state index contributed by atoms with van der Waals surface area (Å²) in [6.07, 6.45) is 3.82. The van der Waals surface area contributed by atoms with Crippen molar-refractivity contribution in [2.24, 2.45) is 0 Å². The molecule has 1 aromatic heterocycles. The molecule has 17 heavy (non-hydrogen) atoms. The van der Waals surface area contributed by atoms with Gasteiger partial charge in [0.05, 0.1) is 12.5 Å². The van der Waals surface area contributed by atoms with Gasteiger partial charge >= 0.3 is 0 Å². The molecule has 6 heteroatoms. The third-order valence-corrected chi connectivity index (χ3v) is 2.94. The third kappa shape index (κ3) is 2.84. The van der Waals surface area contributed by atoms with Gasteiger partial charge in [0.2, 0.25) is 0 Å². The van der Waals surface area contributed by atoms with Crippen LogP contribution in [0.1, 0.15) is 11.5 Å². The van der Waals surface area contributed by atoms with Crippen LogP contribution >= 0.6 is 23.2 Å². The molecule has 0 aliphatic carbocycles. The fourth-order valence-electron chi connectivity index (χ4n) is 1.55. The zero-order valence-electron chi connectivity index (χ0n) is 8.75. The molecule has 1 atom stereocenters. The Morgan fingerprint density at radius 3 is 2.82 bits per heavy atom. The lowest BCUT2D eigenvalue weighted by Crippen LogP contribution is -2.11. The Morgan fingerprint density at radius 1 is 1.41 bits per heavy atom. The van der Waals surface area contributed by atoms with E-state index >= 15 is 0 Å². The van der Waals surface area contributed by atoms with Gasteiger partial charge in [0.25, 0.3) is 0 Å². The molecule has 0 saturated carbocycles. The van der Waals surface area contributed by atoms with Gasteiger partial charge in [0.1, 0.15) is 18.9 Å². The van der Waals surface area contributed by atoms with Gasteiger partial charge in [-0.2, -0.15) is 5.10 Å². The van der Waals surface area contributed by atoms with Crippen LogP contribution in [0.5, 0.6) is 0 Å². The molecule has 0 spiro atoms. The predicted molar refractivity (Wildman–Crippen MR) is 65.3 cm³/mol. The van der Waals surface area contributed by atoms with Crippen LogP contribution in [0.15, 0.2) is 30.9 Å². The Morgan fingerprint density at radius 2 is 2.24 bits per heavy atom. The summed E-state index contributed by atoms with van der Waals surface area (Å²) < 4.78 is 1.59. The van der Waals surface area contributed by atoms with E-state index in [1.165, 1.54) is 6.33 Å². The number of halogens is 2. The molecule has 4 nitrogen and oxygen atoms in total. The number of aromatic nitrogens is 3. The Bertz CT molecular complexity index is 513. The van der Waals surface area contributed by atoms with E-state index in [0.29, 0.717) is 16.6 Å². The van der Waals surface area contributed by atoms with Crippen molar-refractivity contribution in [2.75, 3.05) is 0 Å². The second-order valence-corrected chi connectivity index (χ2v) is 4.37. The molecule has 0 aliphatic heterocycles. The van der Waals surface area contributed by atoms with E-state index in [9.17, 15) is 4.79 Å². The summed E-state index contributed by atoms with van der Waals surface area (Å²) in [6, 6.07) is 5.08. The highest BCUT2D eigenvalue weighted by molar-refractivity contribution is 6.35. The summed E-state index contributed by atoms with van der Waals surface area (Å²) >= 11 is 11.9. The number of nitrogens with zero attached hydrogens (tertiary/aromatic N) is 3. The summed E-state index contributed by atoms with van der Waals surface area (Å²) in [6.45, 7) is 0.408. The SMILES string of the molecule is O=CC(Cn1cncn1)c1ccc(Cl)cc1Cl. The number of carbonyl (C=O) groups is 1. The maximum absolute atomic E-state index is 11.1. The van der Waals surface area contributed by atoms with Crippen molar-refractivity contribution in [1.82, 2.24) is 14.8 Å². The van der Waals surface area contributed by atoms with Crippen molar-refractivity contribution >= 4 is 29.5 Å². The Kier molecular flexibility index (Phi) is 3.76. The van der Waals surface area contributed by atoms with E-state index in [1.807, 2.05) is 0 Å². The van der Waals surface area contributed by atoms with E-state index in [1.54, 1.807) is 29.2 Å². The zero-order chi connectivity index (χ0) is 12.3. The summed E-state index contributed by atoms with van der Waals surface area (Å²) in [5.74, 6) is -0.360. The molecule has 0 saturated heterocycles. The lowest BCUT2D eigenvalue weighted by atomic mass is 10.0. The van der Waals surface area contributed by atoms with E-state index < -0.39 is 0 Å². The lowest BCUT2D eigenvalue weighted by Gasteiger charge is -2.12. The normalized spacial score (nSPS) is 12.4. The van der Waals surface area contributed by atoms with Crippen molar-refractivity contribution in [2.45, 2.75) is 12.5 Å². The first-order valence-electron chi connectivity index (χ1n) is 4.93. The molecular weight excluding hydrogens is 261 g/mol. The van der Waals surface area contributed by atoms with Crippen LogP contribution in [0.25, 0.3) is 0 Å². The summed E-state index contributed by atoms with van der Waals surface area (Å²) in [5.41, 5.74) is 0.738. The van der Waals surface area contributed by atoms with Gasteiger partial charge in [0, 0.05) is 10.0 Å². The molecule has 2 rings (SSSR count). The van der Waals surface area contributed by atoms with Gasteiger partial charge in [-0.3, -0.25) is 4.68 Å². The van der Waals surface area contributed by atoms with E-state index in [0.717, 1.165) is 11.8 Å². The fourth-order valence-corrected chi connectivity index (χ4v) is 2.09. The van der Waals surface area contributed by atoms with E-state index in [-0.39, 0.29) is 5.92 Å². The Balaban J connectivity index is 2.26. The van der Waals surface area contributed by atoms with E-state index in [4.69, 9.17) is 23.2 Å². The minimum atomic E-state index is -0.360. The fraction of sp³-hybridized carbons (Fsp3) is 0.182. The maximum atomic E-state index is 11.1. The molecule has 0 amide bonds. The molecule has 1 unspecified atom stereocenters. The molecule has 1 aromatic carbocycles. The highest BCUT2D eigenvalue weighted by atomic mass is 35.5. The summed E-state index contributed by atoms with van der Waals surface area (Å²) in [5, 5.41) is 4.98. The van der Waals surface area contributed by atoms with Crippen molar-refractivity contribution in [3.8, 4) is 0 Å². The van der Waals surface area contributed by atoms with Gasteiger partial charge in [0.15, 0.2) is 0 Å². The highest BCUT2D eigenvalue weighted by Gasteiger charge is 2.15. The minimum Gasteiger partial charge on any atom is -0.303 e. The number of benzene rings is 1. The monoisotopic (exact) mass is 269 g/mol. The van der Waals surface area contributed by atoms with Crippen molar-refractivity contribution in [3.63, 3.8) is 0 Å². The van der Waals surface area contributed by atoms with Crippen LogP contribution in [0, 0.1) is 0 Å². The van der Waals surface area contributed by atoms with Crippen molar-refractivity contribution in [3.05, 3.63) is 46.5 Å². The largest absolute Gasteiger partial charge is 0.303 e. The second-order valence-electron chi connectivity index (χ2n) is 3.53. The predicted octanol–water partition coefficient (Wildman–Crippen LogP) is 2.57. The van der Waals surface area contributed by atoms with E-state index in [2.05, 4.69) is 10.1 Å². The maximum Gasteiger partial charge on any atom is 0.137 e. The van der Waals surface area contributed by atoms with Crippen LogP contribution in [-0.4, -0.2) is 21.1 Å². The second kappa shape index (κ2) is 5.29. The quantitative estimate of drug-likeness (QED) is 0.802. The Hall–Kier alpha value is -1.39. The number of carbonyl (C=O) groups excluding carboxylic acids is 1. The average molecular weight is 270 g/mol. The highest BCUT2D eigenvalue weighted by Crippen LogP contribution is 2.27.